The number of carboxylic acids is 1. The SMILES string of the molecule is CC(=O)c1cc(CC(=O)c2cc(CC(=O)c3cc(CC(=O)c4cc(NC(=O)OC(C)(C)C)cn4C)cn3C)cn2C)cn1C.Cn1cc(CC(=O)c2cc(CC(=O)c3cc(CC(=O)c4cc(NC(=O)OC(C)(C)C)cn4C)cn3C)cn2C)cc1C(=O)O. The molecule has 8 heterocycles. The third-order valence-electron chi connectivity index (χ3n) is 14.2. The second kappa shape index (κ2) is 26.3. The van der Waals surface area contributed by atoms with E-state index in [2.05, 4.69) is 10.6 Å². The van der Waals surface area contributed by atoms with Gasteiger partial charge in [-0.05, 0) is 123 Å². The van der Waals surface area contributed by atoms with E-state index in [9.17, 15) is 53.1 Å². The molecule has 0 fully saturated rings. The fourth-order valence-electron chi connectivity index (χ4n) is 10.4. The first-order valence-electron chi connectivity index (χ1n) is 28.2. The molecule has 0 radical (unpaired) electrons. The standard InChI is InChI=1S/C33H39N5O6.C32H37N5O7/c1-20(39)25-9-21(16-35(25)5)12-29(40)26-10-22(17-36(26)6)13-30(41)27-11-23(18-37(27)7)14-31(42)28-15-24(19-38(28)8)34-32(43)44-33(2,3)4;1-32(2,3)44-31(43)33-22-14-25(37(7)18-22)29(40)12-20-9-23(35(5)16-20)27(38)11-19-8-24(34(4)15-19)28(39)13-21-10-26(30(41)42)36(6)17-21/h9-11,15-19H,12-14H2,1-8H3,(H,34,43);8-10,14-18H,11-13H2,1-7H3,(H,33,43)(H,41,42). The van der Waals surface area contributed by atoms with E-state index in [4.69, 9.17) is 9.47 Å². The van der Waals surface area contributed by atoms with E-state index in [-0.39, 0.29) is 84.7 Å². The summed E-state index contributed by atoms with van der Waals surface area (Å²) in [6.07, 6.45) is 12.8. The summed E-state index contributed by atoms with van der Waals surface area (Å²) in [6.45, 7) is 12.1. The lowest BCUT2D eigenvalue weighted by Crippen LogP contribution is -2.27. The van der Waals surface area contributed by atoms with Crippen molar-refractivity contribution in [3.63, 3.8) is 0 Å². The quantitative estimate of drug-likeness (QED) is 0.0535. The molecule has 88 heavy (non-hydrogen) atoms. The fraction of sp³-hybridized carbons (Fsp3) is 0.354. The van der Waals surface area contributed by atoms with Crippen molar-refractivity contribution in [2.24, 2.45) is 56.4 Å². The minimum Gasteiger partial charge on any atom is -0.477 e. The number of aryl methyl sites for hydroxylation is 8. The van der Waals surface area contributed by atoms with E-state index in [0.717, 1.165) is 5.56 Å². The number of carbonyl (C=O) groups is 10. The van der Waals surface area contributed by atoms with Crippen LogP contribution in [0.4, 0.5) is 21.0 Å². The number of ether oxygens (including phenoxy) is 2. The van der Waals surface area contributed by atoms with Crippen LogP contribution in [0.2, 0.25) is 0 Å². The highest BCUT2D eigenvalue weighted by atomic mass is 16.6. The van der Waals surface area contributed by atoms with Gasteiger partial charge in [-0.1, -0.05) is 0 Å². The molecule has 2 amide bonds. The van der Waals surface area contributed by atoms with Crippen LogP contribution in [0.1, 0.15) is 166 Å². The largest absolute Gasteiger partial charge is 0.477 e. The van der Waals surface area contributed by atoms with Crippen molar-refractivity contribution in [3.05, 3.63) is 177 Å². The average molecular weight is 1210 g/mol. The van der Waals surface area contributed by atoms with Crippen molar-refractivity contribution in [2.45, 2.75) is 98.2 Å². The number of anilines is 2. The zero-order valence-corrected chi connectivity index (χ0v) is 52.4. The molecule has 0 aromatic carbocycles. The van der Waals surface area contributed by atoms with Gasteiger partial charge in [0.25, 0.3) is 0 Å². The lowest BCUT2D eigenvalue weighted by atomic mass is 10.1. The molecule has 0 aliphatic rings. The second-order valence-electron chi connectivity index (χ2n) is 24.2. The number of nitrogens with one attached hydrogen (secondary N) is 2. The summed E-state index contributed by atoms with van der Waals surface area (Å²) < 4.78 is 23.7. The first kappa shape index (κ1) is 65.5. The summed E-state index contributed by atoms with van der Waals surface area (Å²) in [4.78, 5) is 126. The van der Waals surface area contributed by atoms with Crippen molar-refractivity contribution in [1.29, 1.82) is 0 Å². The van der Waals surface area contributed by atoms with Crippen LogP contribution < -0.4 is 10.6 Å². The molecule has 464 valence electrons. The molecular formula is C65H76N10O13. The molecule has 8 aromatic heterocycles. The van der Waals surface area contributed by atoms with Crippen LogP contribution in [0.15, 0.2) is 98.1 Å². The number of carbonyl (C=O) groups excluding carboxylic acids is 9. The van der Waals surface area contributed by atoms with E-state index < -0.39 is 29.4 Å². The van der Waals surface area contributed by atoms with Crippen LogP contribution in [-0.4, -0.2) is 111 Å². The summed E-state index contributed by atoms with van der Waals surface area (Å²) in [6, 6.07) is 13.2. The maximum absolute atomic E-state index is 13.3. The van der Waals surface area contributed by atoms with Crippen LogP contribution in [0.5, 0.6) is 0 Å². The number of hydrogen-bond donors (Lipinski definition) is 3. The molecule has 0 aliphatic carbocycles. The first-order chi connectivity index (χ1) is 41.0. The van der Waals surface area contributed by atoms with Gasteiger partial charge in [-0.25, -0.2) is 14.4 Å². The van der Waals surface area contributed by atoms with Gasteiger partial charge in [-0.3, -0.25) is 44.2 Å². The lowest BCUT2D eigenvalue weighted by molar-refractivity contribution is 0.0624. The maximum Gasteiger partial charge on any atom is 0.412 e. The Labute approximate surface area is 509 Å². The van der Waals surface area contributed by atoms with Crippen molar-refractivity contribution in [3.8, 4) is 0 Å². The Morgan fingerprint density at radius 3 is 0.761 bits per heavy atom. The van der Waals surface area contributed by atoms with Crippen LogP contribution in [0, 0.1) is 0 Å². The van der Waals surface area contributed by atoms with Gasteiger partial charge < -0.3 is 51.1 Å². The average Bonchev–Trinajstić information content (AvgIpc) is 3.47. The molecule has 0 unspecified atom stereocenters. The smallest absolute Gasteiger partial charge is 0.412 e. The van der Waals surface area contributed by atoms with Gasteiger partial charge in [0.1, 0.15) is 16.9 Å². The van der Waals surface area contributed by atoms with Crippen LogP contribution in [0.3, 0.4) is 0 Å². The number of aromatic nitrogens is 8. The Morgan fingerprint density at radius 2 is 0.545 bits per heavy atom. The van der Waals surface area contributed by atoms with Crippen molar-refractivity contribution in [2.75, 3.05) is 10.6 Å². The number of aromatic carboxylic acids is 1. The minimum absolute atomic E-state index is 0.0290. The van der Waals surface area contributed by atoms with Gasteiger partial charge in [0.15, 0.2) is 40.5 Å². The Balaban J connectivity index is 0.000000251. The predicted molar refractivity (Wildman–Crippen MR) is 328 cm³/mol. The highest BCUT2D eigenvalue weighted by Gasteiger charge is 2.25. The third-order valence-corrected chi connectivity index (χ3v) is 14.2. The number of hydrogen-bond acceptors (Lipinski definition) is 12. The monoisotopic (exact) mass is 1200 g/mol. The molecule has 0 spiro atoms. The number of rotatable bonds is 22. The molecule has 0 bridgehead atoms. The summed E-state index contributed by atoms with van der Waals surface area (Å²) in [5.74, 6) is -2.12. The zero-order chi connectivity index (χ0) is 65.0. The van der Waals surface area contributed by atoms with Gasteiger partial charge in [0.05, 0.1) is 51.2 Å². The molecular weight excluding hydrogens is 1130 g/mol. The van der Waals surface area contributed by atoms with Gasteiger partial charge in [-0.2, -0.15) is 0 Å². The first-order valence-corrected chi connectivity index (χ1v) is 28.2. The summed E-state index contributed by atoms with van der Waals surface area (Å²) in [5.41, 5.74) is 6.81. The van der Waals surface area contributed by atoms with E-state index >= 15 is 0 Å². The molecule has 3 N–H and O–H groups in total. The molecule has 0 saturated carbocycles. The molecule has 0 atom stereocenters. The number of carboxylic acid groups (broad SMARTS) is 1. The Bertz CT molecular complexity index is 3800. The summed E-state index contributed by atoms with van der Waals surface area (Å²) in [5, 5.41) is 14.5. The molecule has 23 nitrogen and oxygen atoms in total. The van der Waals surface area contributed by atoms with E-state index in [0.29, 0.717) is 79.0 Å². The fourth-order valence-corrected chi connectivity index (χ4v) is 10.4. The second-order valence-corrected chi connectivity index (χ2v) is 24.2. The van der Waals surface area contributed by atoms with Crippen LogP contribution in [0.25, 0.3) is 0 Å². The van der Waals surface area contributed by atoms with Gasteiger partial charge in [0.2, 0.25) is 0 Å². The number of nitrogens with zero attached hydrogens (tertiary/aromatic N) is 8. The van der Waals surface area contributed by atoms with Gasteiger partial charge in [-0.15, -0.1) is 0 Å². The number of Topliss-reactive ketones (excluding diaryl/α,β-unsaturated/α-hetero) is 7. The summed E-state index contributed by atoms with van der Waals surface area (Å²) >= 11 is 0. The van der Waals surface area contributed by atoms with Gasteiger partial charge in [0, 0.05) is 151 Å². The summed E-state index contributed by atoms with van der Waals surface area (Å²) in [7, 11) is 13.8. The predicted octanol–water partition coefficient (Wildman–Crippen LogP) is 9.23. The van der Waals surface area contributed by atoms with Crippen LogP contribution in [-0.2, 0) is 104 Å². The van der Waals surface area contributed by atoms with Gasteiger partial charge >= 0.3 is 18.2 Å². The minimum atomic E-state index is -1.07. The highest BCUT2D eigenvalue weighted by Crippen LogP contribution is 2.24. The van der Waals surface area contributed by atoms with Crippen molar-refractivity contribution >= 4 is 70.0 Å². The Morgan fingerprint density at radius 1 is 0.341 bits per heavy atom. The number of ketones is 7. The maximum atomic E-state index is 13.3. The Hall–Kier alpha value is -10.1. The topological polar surface area (TPSA) is 273 Å². The van der Waals surface area contributed by atoms with Crippen LogP contribution >= 0.6 is 0 Å². The van der Waals surface area contributed by atoms with E-state index in [1.807, 2.05) is 0 Å². The van der Waals surface area contributed by atoms with Crippen molar-refractivity contribution < 1.29 is 62.5 Å². The van der Waals surface area contributed by atoms with Crippen molar-refractivity contribution in [1.82, 2.24) is 36.5 Å². The third kappa shape index (κ3) is 16.7. The van der Waals surface area contributed by atoms with E-state index in [1.165, 1.54) is 17.6 Å². The highest BCUT2D eigenvalue weighted by molar-refractivity contribution is 6.03. The van der Waals surface area contributed by atoms with E-state index in [1.54, 1.807) is 222 Å². The molecule has 0 saturated heterocycles. The molecule has 8 aromatic rings. The molecule has 8 rings (SSSR count). The normalized spacial score (nSPS) is 11.4. The molecule has 0 aliphatic heterocycles. The zero-order valence-electron chi connectivity index (χ0n) is 52.4. The lowest BCUT2D eigenvalue weighted by Gasteiger charge is -2.19. The Kier molecular flexibility index (Phi) is 19.6. The molecule has 23 heteroatoms. The number of amides is 2.